The third-order valence-electron chi connectivity index (χ3n) is 4.50. The van der Waals surface area contributed by atoms with Crippen LogP contribution in [-0.4, -0.2) is 46.6 Å². The number of aliphatic hydroxyl groups is 2. The zero-order valence-electron chi connectivity index (χ0n) is 16.5. The average Bonchev–Trinajstić information content (AvgIpc) is 2.54. The highest BCUT2D eigenvalue weighted by Crippen LogP contribution is 2.23. The van der Waals surface area contributed by atoms with Gasteiger partial charge in [0.05, 0.1) is 25.6 Å². The number of aliphatic hydroxyl groups excluding tert-OH is 2. The molecule has 0 fully saturated rings. The second-order valence-corrected chi connectivity index (χ2v) is 7.93. The maximum absolute atomic E-state index is 11.4. The normalized spacial score (nSPS) is 12.8. The zero-order chi connectivity index (χ0) is 19.8. The van der Waals surface area contributed by atoms with Crippen LogP contribution in [0.25, 0.3) is 0 Å². The molecule has 0 aromatic carbocycles. The van der Waals surface area contributed by atoms with Gasteiger partial charge in [0.2, 0.25) is 0 Å². The third kappa shape index (κ3) is 16.3. The van der Waals surface area contributed by atoms with Crippen molar-refractivity contribution in [2.24, 2.45) is 5.41 Å². The minimum absolute atomic E-state index is 0.0534. The Kier molecular flexibility index (Phi) is 14.3. The van der Waals surface area contributed by atoms with E-state index >= 15 is 0 Å². The molecule has 0 bridgehead atoms. The molecule has 0 saturated carbocycles. The van der Waals surface area contributed by atoms with Crippen molar-refractivity contribution in [3.8, 4) is 0 Å². The summed E-state index contributed by atoms with van der Waals surface area (Å²) in [7, 11) is 0. The number of carboxylic acid groups (broad SMARTS) is 1. The summed E-state index contributed by atoms with van der Waals surface area (Å²) in [5.41, 5.74) is 0.0534. The first-order valence-electron chi connectivity index (χ1n) is 9.93. The van der Waals surface area contributed by atoms with Crippen LogP contribution in [0.3, 0.4) is 0 Å². The van der Waals surface area contributed by atoms with Gasteiger partial charge >= 0.3 is 11.9 Å². The van der Waals surface area contributed by atoms with E-state index < -0.39 is 24.5 Å². The molecule has 154 valence electrons. The molecule has 0 aromatic rings. The molecule has 1 atom stereocenters. The number of carboxylic acids is 1. The Balaban J connectivity index is 3.34. The van der Waals surface area contributed by atoms with Crippen LogP contribution in [0.1, 0.15) is 90.9 Å². The van der Waals surface area contributed by atoms with Crippen molar-refractivity contribution in [3.63, 3.8) is 0 Å². The summed E-state index contributed by atoms with van der Waals surface area (Å²) in [5, 5.41) is 27.0. The van der Waals surface area contributed by atoms with Crippen molar-refractivity contribution in [3.05, 3.63) is 0 Å². The monoisotopic (exact) mass is 374 g/mol. The van der Waals surface area contributed by atoms with Crippen LogP contribution >= 0.6 is 0 Å². The van der Waals surface area contributed by atoms with E-state index in [1.807, 2.05) is 0 Å². The van der Waals surface area contributed by atoms with Gasteiger partial charge in [-0.25, -0.2) is 0 Å². The molecule has 0 amide bonds. The highest BCUT2D eigenvalue weighted by atomic mass is 16.5. The van der Waals surface area contributed by atoms with Gasteiger partial charge in [0, 0.05) is 6.61 Å². The van der Waals surface area contributed by atoms with Crippen LogP contribution in [0.15, 0.2) is 0 Å². The van der Waals surface area contributed by atoms with Crippen molar-refractivity contribution in [1.82, 2.24) is 0 Å². The Morgan fingerprint density at radius 2 is 1.38 bits per heavy atom. The molecule has 26 heavy (non-hydrogen) atoms. The topological polar surface area (TPSA) is 104 Å². The van der Waals surface area contributed by atoms with Gasteiger partial charge < -0.3 is 20.1 Å². The highest BCUT2D eigenvalue weighted by molar-refractivity contribution is 5.72. The molecule has 6 heteroatoms. The number of carbonyl (C=O) groups is 2. The molecule has 1 unspecified atom stereocenters. The van der Waals surface area contributed by atoms with Gasteiger partial charge in [-0.2, -0.15) is 0 Å². The molecule has 0 saturated heterocycles. The quantitative estimate of drug-likeness (QED) is 0.265. The van der Waals surface area contributed by atoms with E-state index in [0.29, 0.717) is 6.61 Å². The first kappa shape index (κ1) is 24.9. The van der Waals surface area contributed by atoms with E-state index in [4.69, 9.17) is 9.84 Å². The molecule has 0 aliphatic carbocycles. The van der Waals surface area contributed by atoms with E-state index in [1.165, 1.54) is 38.5 Å². The number of rotatable bonds is 17. The van der Waals surface area contributed by atoms with E-state index in [-0.39, 0.29) is 18.4 Å². The Morgan fingerprint density at radius 3 is 1.88 bits per heavy atom. The minimum atomic E-state index is -1.17. The van der Waals surface area contributed by atoms with Gasteiger partial charge in [0.15, 0.2) is 0 Å². The maximum atomic E-state index is 11.4. The summed E-state index contributed by atoms with van der Waals surface area (Å²) >= 11 is 0. The van der Waals surface area contributed by atoms with E-state index in [2.05, 4.69) is 13.8 Å². The third-order valence-corrected chi connectivity index (χ3v) is 4.50. The van der Waals surface area contributed by atoms with Crippen molar-refractivity contribution >= 4 is 11.9 Å². The Labute approximate surface area is 157 Å². The van der Waals surface area contributed by atoms with E-state index in [1.54, 1.807) is 0 Å². The SMILES string of the molecule is CC(C)(CO)CCCCCCCCCCCOC(=O)CC(O)CC(=O)O. The van der Waals surface area contributed by atoms with Crippen LogP contribution in [-0.2, 0) is 14.3 Å². The lowest BCUT2D eigenvalue weighted by Gasteiger charge is -2.20. The van der Waals surface area contributed by atoms with Crippen molar-refractivity contribution in [2.75, 3.05) is 13.2 Å². The lowest BCUT2D eigenvalue weighted by molar-refractivity contribution is -0.147. The number of esters is 1. The summed E-state index contributed by atoms with van der Waals surface area (Å²) in [5.74, 6) is -1.66. The fraction of sp³-hybridized carbons (Fsp3) is 0.900. The molecule has 0 rings (SSSR count). The molecule has 0 heterocycles. The lowest BCUT2D eigenvalue weighted by Crippen LogP contribution is -2.19. The summed E-state index contributed by atoms with van der Waals surface area (Å²) in [6, 6.07) is 0. The molecule has 0 aromatic heterocycles. The molecule has 3 N–H and O–H groups in total. The fourth-order valence-corrected chi connectivity index (χ4v) is 2.73. The van der Waals surface area contributed by atoms with Gasteiger partial charge in [0.1, 0.15) is 0 Å². The second kappa shape index (κ2) is 15.0. The van der Waals surface area contributed by atoms with Crippen LogP contribution in [0, 0.1) is 5.41 Å². The molecule has 0 aliphatic heterocycles. The number of ether oxygens (including phenoxy) is 1. The standard InChI is InChI=1S/C20H38O6/c1-20(2,16-21)12-10-8-6-4-3-5-7-9-11-13-26-19(25)15-17(22)14-18(23)24/h17,21-22H,3-16H2,1-2H3,(H,23,24). The molecular weight excluding hydrogens is 336 g/mol. The van der Waals surface area contributed by atoms with Crippen LogP contribution in [0.2, 0.25) is 0 Å². The number of carbonyl (C=O) groups excluding carboxylic acids is 1. The Morgan fingerprint density at radius 1 is 0.885 bits per heavy atom. The Bertz CT molecular complexity index is 380. The number of hydrogen-bond acceptors (Lipinski definition) is 5. The average molecular weight is 375 g/mol. The molecule has 0 spiro atoms. The molecular formula is C20H38O6. The van der Waals surface area contributed by atoms with Gasteiger partial charge in [-0.1, -0.05) is 65.2 Å². The highest BCUT2D eigenvalue weighted by Gasteiger charge is 2.15. The predicted molar refractivity (Wildman–Crippen MR) is 101 cm³/mol. The first-order chi connectivity index (χ1) is 12.3. The second-order valence-electron chi connectivity index (χ2n) is 7.93. The van der Waals surface area contributed by atoms with Crippen LogP contribution in [0.4, 0.5) is 0 Å². The predicted octanol–water partition coefficient (Wildman–Crippen LogP) is 3.67. The number of aliphatic carboxylic acids is 1. The molecule has 0 aliphatic rings. The summed E-state index contributed by atoms with van der Waals surface area (Å²) in [4.78, 5) is 21.8. The van der Waals surface area contributed by atoms with Crippen molar-refractivity contribution in [1.29, 1.82) is 0 Å². The van der Waals surface area contributed by atoms with Crippen LogP contribution in [0.5, 0.6) is 0 Å². The first-order valence-corrected chi connectivity index (χ1v) is 9.93. The molecule has 6 nitrogen and oxygen atoms in total. The Hall–Kier alpha value is -1.14. The zero-order valence-corrected chi connectivity index (χ0v) is 16.5. The van der Waals surface area contributed by atoms with Crippen LogP contribution < -0.4 is 0 Å². The van der Waals surface area contributed by atoms with Gasteiger partial charge in [0.25, 0.3) is 0 Å². The van der Waals surface area contributed by atoms with E-state index in [0.717, 1.165) is 25.7 Å². The number of unbranched alkanes of at least 4 members (excludes halogenated alkanes) is 8. The minimum Gasteiger partial charge on any atom is -0.481 e. The van der Waals surface area contributed by atoms with Gasteiger partial charge in [-0.05, 0) is 18.3 Å². The van der Waals surface area contributed by atoms with E-state index in [9.17, 15) is 19.8 Å². The van der Waals surface area contributed by atoms with Gasteiger partial charge in [-0.15, -0.1) is 0 Å². The summed E-state index contributed by atoms with van der Waals surface area (Å²) in [6.07, 6.45) is 9.46. The smallest absolute Gasteiger partial charge is 0.308 e. The maximum Gasteiger partial charge on any atom is 0.308 e. The van der Waals surface area contributed by atoms with Gasteiger partial charge in [-0.3, -0.25) is 9.59 Å². The summed E-state index contributed by atoms with van der Waals surface area (Å²) in [6.45, 7) is 4.79. The summed E-state index contributed by atoms with van der Waals surface area (Å²) < 4.78 is 4.99. The fourth-order valence-electron chi connectivity index (χ4n) is 2.73. The largest absolute Gasteiger partial charge is 0.481 e. The van der Waals surface area contributed by atoms with Crippen molar-refractivity contribution in [2.45, 2.75) is 97.0 Å². The van der Waals surface area contributed by atoms with Crippen molar-refractivity contribution < 1.29 is 29.6 Å². The lowest BCUT2D eigenvalue weighted by atomic mass is 9.88. The molecule has 0 radical (unpaired) electrons. The number of hydrogen-bond donors (Lipinski definition) is 3.